The van der Waals surface area contributed by atoms with Crippen molar-refractivity contribution < 1.29 is 18.6 Å². The molecule has 4 aromatic rings. The monoisotopic (exact) mass is 386 g/mol. The van der Waals surface area contributed by atoms with Gasteiger partial charge in [0.25, 0.3) is 0 Å². The van der Waals surface area contributed by atoms with Crippen LogP contribution in [0.5, 0.6) is 11.5 Å². The van der Waals surface area contributed by atoms with Crippen LogP contribution in [0.2, 0.25) is 0 Å². The van der Waals surface area contributed by atoms with E-state index in [1.54, 1.807) is 14.2 Å². The fourth-order valence-electron chi connectivity index (χ4n) is 3.09. The van der Waals surface area contributed by atoms with Crippen molar-refractivity contribution in [2.75, 3.05) is 14.2 Å². The van der Waals surface area contributed by atoms with Crippen molar-refractivity contribution in [1.29, 1.82) is 0 Å². The van der Waals surface area contributed by atoms with Gasteiger partial charge in [-0.25, -0.2) is 0 Å². The minimum absolute atomic E-state index is 0. The van der Waals surface area contributed by atoms with E-state index in [-0.39, 0.29) is 7.43 Å². The molecule has 0 bridgehead atoms. The van der Waals surface area contributed by atoms with Gasteiger partial charge in [0.15, 0.2) is 24.8 Å². The van der Waals surface area contributed by atoms with Crippen molar-refractivity contribution in [3.63, 3.8) is 0 Å². The molecule has 0 unspecified atom stereocenters. The van der Waals surface area contributed by atoms with Crippen LogP contribution in [-0.2, 0) is 0 Å². The first-order chi connectivity index (χ1) is 13.8. The van der Waals surface area contributed by atoms with Gasteiger partial charge in [0, 0.05) is 48.5 Å². The minimum Gasteiger partial charge on any atom is -0.497 e. The van der Waals surface area contributed by atoms with Gasteiger partial charge >= 0.3 is 0 Å². The second-order valence-corrected chi connectivity index (χ2v) is 6.38. The van der Waals surface area contributed by atoms with Gasteiger partial charge in [-0.3, -0.25) is 0 Å². The minimum atomic E-state index is 0. The van der Waals surface area contributed by atoms with Crippen LogP contribution in [0.25, 0.3) is 22.5 Å². The summed E-state index contributed by atoms with van der Waals surface area (Å²) in [6.45, 7) is 0. The molecule has 0 amide bonds. The number of benzene rings is 2. The van der Waals surface area contributed by atoms with Gasteiger partial charge in [-0.2, -0.15) is 9.13 Å². The van der Waals surface area contributed by atoms with Crippen LogP contribution in [0, 0.1) is 0 Å². The van der Waals surface area contributed by atoms with Gasteiger partial charge in [-0.1, -0.05) is 7.43 Å². The smallest absolute Gasteiger partial charge is 0.210 e. The molecule has 0 saturated carbocycles. The molecule has 0 atom stereocenters. The Hall–Kier alpha value is -3.66. The molecule has 0 radical (unpaired) electrons. The highest BCUT2D eigenvalue weighted by atomic mass is 16.5. The van der Waals surface area contributed by atoms with E-state index in [4.69, 9.17) is 9.47 Å². The maximum Gasteiger partial charge on any atom is 0.210 e. The molecule has 0 saturated heterocycles. The molecule has 29 heavy (non-hydrogen) atoms. The average molecular weight is 386 g/mol. The third kappa shape index (κ3) is 4.43. The first kappa shape index (κ1) is 20.1. The van der Waals surface area contributed by atoms with E-state index in [2.05, 4.69) is 58.2 Å². The number of ether oxygens (including phenoxy) is 2. The van der Waals surface area contributed by atoms with Gasteiger partial charge in [0.05, 0.1) is 14.2 Å². The highest BCUT2D eigenvalue weighted by Gasteiger charge is 2.09. The van der Waals surface area contributed by atoms with E-state index in [1.807, 2.05) is 48.5 Å². The van der Waals surface area contributed by atoms with Gasteiger partial charge in [-0.15, -0.1) is 0 Å². The van der Waals surface area contributed by atoms with Crippen molar-refractivity contribution in [2.45, 2.75) is 7.43 Å². The highest BCUT2D eigenvalue weighted by Crippen LogP contribution is 2.18. The van der Waals surface area contributed by atoms with Crippen LogP contribution in [0.3, 0.4) is 0 Å². The summed E-state index contributed by atoms with van der Waals surface area (Å²) in [6, 6.07) is 24.5. The molecule has 4 heteroatoms. The predicted octanol–water partition coefficient (Wildman–Crippen LogP) is 4.56. The van der Waals surface area contributed by atoms with E-state index in [0.717, 1.165) is 22.9 Å². The summed E-state index contributed by atoms with van der Waals surface area (Å²) in [6.07, 6.45) is 8.28. The van der Waals surface area contributed by atoms with E-state index in [9.17, 15) is 0 Å². The molecular formula is C25H26N2O2+2. The van der Waals surface area contributed by atoms with Crippen LogP contribution in [0.15, 0.2) is 97.6 Å². The molecule has 4 rings (SSSR count). The Labute approximate surface area is 172 Å². The molecule has 2 aromatic carbocycles. The van der Waals surface area contributed by atoms with E-state index in [1.165, 1.54) is 11.1 Å². The molecule has 2 heterocycles. The van der Waals surface area contributed by atoms with Gasteiger partial charge in [-0.05, 0) is 35.4 Å². The lowest BCUT2D eigenvalue weighted by atomic mass is 10.1. The molecular weight excluding hydrogens is 360 g/mol. The van der Waals surface area contributed by atoms with Crippen LogP contribution in [0.4, 0.5) is 0 Å². The number of hydrogen-bond donors (Lipinski definition) is 0. The number of methoxy groups -OCH3 is 2. The third-order valence-electron chi connectivity index (χ3n) is 4.73. The number of nitrogens with zero attached hydrogens (tertiary/aromatic N) is 2. The fraction of sp³-hybridized carbons (Fsp3) is 0.120. The van der Waals surface area contributed by atoms with Crippen molar-refractivity contribution in [1.82, 2.24) is 0 Å². The Bertz CT molecular complexity index is 951. The lowest BCUT2D eigenvalue weighted by molar-refractivity contribution is -0.596. The van der Waals surface area contributed by atoms with Crippen LogP contribution < -0.4 is 18.6 Å². The first-order valence-electron chi connectivity index (χ1n) is 9.09. The zero-order valence-electron chi connectivity index (χ0n) is 15.9. The molecule has 0 aliphatic heterocycles. The Morgan fingerprint density at radius 3 is 1.07 bits per heavy atom. The first-order valence-corrected chi connectivity index (χ1v) is 9.09. The Kier molecular flexibility index (Phi) is 6.25. The Balaban J connectivity index is 0.00000240. The standard InChI is InChI=1S/C24H22N2O2.CH4/c1-27-23-7-3-21(4-8-23)25-15-11-19(12-16-25)20-13-17-26(18-14-20)22-5-9-24(28-2)10-6-22;/h3-18H,1-2H3;1H4/q+2;. The molecule has 0 N–H and O–H groups in total. The zero-order valence-corrected chi connectivity index (χ0v) is 15.9. The van der Waals surface area contributed by atoms with Crippen molar-refractivity contribution in [3.05, 3.63) is 97.6 Å². The molecule has 4 nitrogen and oxygen atoms in total. The topological polar surface area (TPSA) is 26.2 Å². The summed E-state index contributed by atoms with van der Waals surface area (Å²) < 4.78 is 14.6. The maximum atomic E-state index is 5.22. The van der Waals surface area contributed by atoms with Crippen LogP contribution in [-0.4, -0.2) is 14.2 Å². The van der Waals surface area contributed by atoms with E-state index in [0.29, 0.717) is 0 Å². The predicted molar refractivity (Wildman–Crippen MR) is 115 cm³/mol. The van der Waals surface area contributed by atoms with Gasteiger partial charge in [0.2, 0.25) is 11.4 Å². The summed E-state index contributed by atoms with van der Waals surface area (Å²) in [7, 11) is 3.35. The normalized spacial score (nSPS) is 10.1. The molecule has 0 aliphatic rings. The maximum absolute atomic E-state index is 5.22. The van der Waals surface area contributed by atoms with Crippen molar-refractivity contribution >= 4 is 0 Å². The number of aromatic nitrogens is 2. The molecule has 0 spiro atoms. The van der Waals surface area contributed by atoms with Gasteiger partial charge in [0.1, 0.15) is 11.5 Å². The molecule has 2 aromatic heterocycles. The molecule has 0 aliphatic carbocycles. The summed E-state index contributed by atoms with van der Waals surface area (Å²) in [5, 5.41) is 0. The largest absolute Gasteiger partial charge is 0.497 e. The summed E-state index contributed by atoms with van der Waals surface area (Å²) in [5.74, 6) is 1.71. The van der Waals surface area contributed by atoms with E-state index < -0.39 is 0 Å². The molecule has 0 fully saturated rings. The van der Waals surface area contributed by atoms with Crippen molar-refractivity contribution in [3.8, 4) is 34.0 Å². The number of rotatable bonds is 5. The lowest BCUT2D eigenvalue weighted by Gasteiger charge is -2.03. The van der Waals surface area contributed by atoms with Gasteiger partial charge < -0.3 is 9.47 Å². The SMILES string of the molecule is C.COc1ccc(-[n+]2ccc(-c3cc[n+](-c4ccc(OC)cc4)cc3)cc2)cc1. The summed E-state index contributed by atoms with van der Waals surface area (Å²) in [4.78, 5) is 0. The second-order valence-electron chi connectivity index (χ2n) is 6.38. The summed E-state index contributed by atoms with van der Waals surface area (Å²) >= 11 is 0. The van der Waals surface area contributed by atoms with Crippen LogP contribution >= 0.6 is 0 Å². The second kappa shape index (κ2) is 9.02. The Morgan fingerprint density at radius 2 is 0.793 bits per heavy atom. The lowest BCUT2D eigenvalue weighted by Crippen LogP contribution is -2.29. The fourth-order valence-corrected chi connectivity index (χ4v) is 3.09. The Morgan fingerprint density at radius 1 is 0.483 bits per heavy atom. The number of pyridine rings is 2. The van der Waals surface area contributed by atoms with E-state index >= 15 is 0 Å². The number of hydrogen-bond acceptors (Lipinski definition) is 2. The third-order valence-corrected chi connectivity index (χ3v) is 4.73. The summed E-state index contributed by atoms with van der Waals surface area (Å²) in [5.41, 5.74) is 4.54. The average Bonchev–Trinajstić information content (AvgIpc) is 2.79. The zero-order chi connectivity index (χ0) is 19.3. The highest BCUT2D eigenvalue weighted by molar-refractivity contribution is 5.61. The van der Waals surface area contributed by atoms with Crippen LogP contribution in [0.1, 0.15) is 7.43 Å². The molecule has 146 valence electrons. The van der Waals surface area contributed by atoms with Crippen molar-refractivity contribution in [2.24, 2.45) is 0 Å². The quantitative estimate of drug-likeness (QED) is 0.470.